The highest BCUT2D eigenvalue weighted by Crippen LogP contribution is 2.35. The van der Waals surface area contributed by atoms with Crippen molar-refractivity contribution < 1.29 is 14.3 Å². The van der Waals surface area contributed by atoms with Crippen LogP contribution in [0.1, 0.15) is 40.4 Å². The standard InChI is InChI=1S/C26H30N4O3/c1-29(2)24-16-19(12-14-28-24)20-8-7-15-30(17-20)26(31)22-10-6-11-23(32-3)25(22)33-18-21-9-4-5-13-27-21/h4-6,9-14,16,20H,7-8,15,17-18H2,1-3H3/t20-/m0/s1. The lowest BCUT2D eigenvalue weighted by molar-refractivity contribution is 0.0701. The van der Waals surface area contributed by atoms with Crippen LogP contribution in [-0.2, 0) is 6.61 Å². The third-order valence-corrected chi connectivity index (χ3v) is 5.93. The first-order valence-corrected chi connectivity index (χ1v) is 11.2. The third-order valence-electron chi connectivity index (χ3n) is 5.93. The Morgan fingerprint density at radius 1 is 1.12 bits per heavy atom. The summed E-state index contributed by atoms with van der Waals surface area (Å²) in [4.78, 5) is 26.3. The minimum atomic E-state index is -0.0449. The van der Waals surface area contributed by atoms with Gasteiger partial charge in [-0.3, -0.25) is 9.78 Å². The number of pyridine rings is 2. The van der Waals surface area contributed by atoms with Crippen LogP contribution in [-0.4, -0.2) is 55.1 Å². The van der Waals surface area contributed by atoms with Gasteiger partial charge in [0.2, 0.25) is 0 Å². The average Bonchev–Trinajstić information content (AvgIpc) is 2.87. The molecule has 0 radical (unpaired) electrons. The second kappa shape index (κ2) is 10.3. The molecule has 3 aromatic rings. The van der Waals surface area contributed by atoms with E-state index >= 15 is 0 Å². The van der Waals surface area contributed by atoms with Crippen molar-refractivity contribution in [2.24, 2.45) is 0 Å². The number of methoxy groups -OCH3 is 1. The zero-order valence-corrected chi connectivity index (χ0v) is 19.4. The van der Waals surface area contributed by atoms with Crippen molar-refractivity contribution >= 4 is 11.7 Å². The van der Waals surface area contributed by atoms with Crippen LogP contribution >= 0.6 is 0 Å². The molecule has 7 heteroatoms. The number of carbonyl (C=O) groups excluding carboxylic acids is 1. The fraction of sp³-hybridized carbons (Fsp3) is 0.346. The predicted octanol–water partition coefficient (Wildman–Crippen LogP) is 4.15. The number of hydrogen-bond donors (Lipinski definition) is 0. The molecule has 0 spiro atoms. The van der Waals surface area contributed by atoms with Gasteiger partial charge in [-0.2, -0.15) is 0 Å². The number of nitrogens with zero attached hydrogens (tertiary/aromatic N) is 4. The van der Waals surface area contributed by atoms with Gasteiger partial charge in [-0.25, -0.2) is 4.98 Å². The molecule has 0 saturated carbocycles. The van der Waals surface area contributed by atoms with Crippen LogP contribution in [0.2, 0.25) is 0 Å². The molecule has 1 atom stereocenters. The van der Waals surface area contributed by atoms with E-state index in [2.05, 4.69) is 22.1 Å². The Balaban J connectivity index is 1.55. The Bertz CT molecular complexity index is 1090. The van der Waals surface area contributed by atoms with Crippen molar-refractivity contribution in [3.63, 3.8) is 0 Å². The van der Waals surface area contributed by atoms with Gasteiger partial charge in [0.1, 0.15) is 12.4 Å². The van der Waals surface area contributed by atoms with Crippen LogP contribution in [0.15, 0.2) is 60.9 Å². The van der Waals surface area contributed by atoms with E-state index in [0.29, 0.717) is 23.6 Å². The molecule has 1 aromatic carbocycles. The van der Waals surface area contributed by atoms with E-state index in [4.69, 9.17) is 9.47 Å². The van der Waals surface area contributed by atoms with Crippen LogP contribution in [0.4, 0.5) is 5.82 Å². The first-order chi connectivity index (χ1) is 16.1. The number of benzene rings is 1. The van der Waals surface area contributed by atoms with E-state index < -0.39 is 0 Å². The Morgan fingerprint density at radius 3 is 2.76 bits per heavy atom. The molecule has 3 heterocycles. The number of ether oxygens (including phenoxy) is 2. The summed E-state index contributed by atoms with van der Waals surface area (Å²) in [6, 6.07) is 15.3. The van der Waals surface area contributed by atoms with Crippen LogP contribution in [0.25, 0.3) is 0 Å². The number of amides is 1. The van der Waals surface area contributed by atoms with Gasteiger partial charge in [0, 0.05) is 45.5 Å². The number of aromatic nitrogens is 2. The number of piperidine rings is 1. The second-order valence-electron chi connectivity index (χ2n) is 8.38. The minimum Gasteiger partial charge on any atom is -0.493 e. The Kier molecular flexibility index (Phi) is 7.07. The Labute approximate surface area is 195 Å². The number of hydrogen-bond acceptors (Lipinski definition) is 6. The fourth-order valence-corrected chi connectivity index (χ4v) is 4.16. The SMILES string of the molecule is COc1cccc(C(=O)N2CCC[C@H](c3ccnc(N(C)C)c3)C2)c1OCc1ccccn1. The topological polar surface area (TPSA) is 67.8 Å². The molecule has 1 aliphatic rings. The van der Waals surface area contributed by atoms with Gasteiger partial charge >= 0.3 is 0 Å². The van der Waals surface area contributed by atoms with Crippen LogP contribution < -0.4 is 14.4 Å². The normalized spacial score (nSPS) is 15.7. The monoisotopic (exact) mass is 446 g/mol. The molecule has 0 unspecified atom stereocenters. The first kappa shape index (κ1) is 22.6. The summed E-state index contributed by atoms with van der Waals surface area (Å²) >= 11 is 0. The summed E-state index contributed by atoms with van der Waals surface area (Å²) in [6.07, 6.45) is 5.56. The summed E-state index contributed by atoms with van der Waals surface area (Å²) in [5.74, 6) is 2.14. The van der Waals surface area contributed by atoms with Gasteiger partial charge in [-0.15, -0.1) is 0 Å². The van der Waals surface area contributed by atoms with Crippen molar-refractivity contribution in [3.8, 4) is 11.5 Å². The van der Waals surface area contributed by atoms with Crippen LogP contribution in [0.5, 0.6) is 11.5 Å². The van der Waals surface area contributed by atoms with Gasteiger partial charge in [0.15, 0.2) is 11.5 Å². The second-order valence-corrected chi connectivity index (χ2v) is 8.38. The summed E-state index contributed by atoms with van der Waals surface area (Å²) in [5.41, 5.74) is 2.51. The quantitative estimate of drug-likeness (QED) is 0.543. The van der Waals surface area contributed by atoms with E-state index in [1.165, 1.54) is 5.56 Å². The summed E-state index contributed by atoms with van der Waals surface area (Å²) in [7, 11) is 5.55. The number of para-hydroxylation sites is 1. The first-order valence-electron chi connectivity index (χ1n) is 11.2. The Hall–Kier alpha value is -3.61. The van der Waals surface area contributed by atoms with E-state index in [1.54, 1.807) is 19.4 Å². The maximum Gasteiger partial charge on any atom is 0.257 e. The van der Waals surface area contributed by atoms with Gasteiger partial charge in [0.25, 0.3) is 5.91 Å². The fourth-order valence-electron chi connectivity index (χ4n) is 4.16. The summed E-state index contributed by atoms with van der Waals surface area (Å²) in [6.45, 7) is 1.64. The lowest BCUT2D eigenvalue weighted by atomic mass is 9.90. The Morgan fingerprint density at radius 2 is 2.00 bits per heavy atom. The van der Waals surface area contributed by atoms with Crippen molar-refractivity contribution in [1.82, 2.24) is 14.9 Å². The van der Waals surface area contributed by atoms with Crippen molar-refractivity contribution in [2.75, 3.05) is 39.2 Å². The van der Waals surface area contributed by atoms with E-state index in [9.17, 15) is 4.79 Å². The smallest absolute Gasteiger partial charge is 0.257 e. The maximum absolute atomic E-state index is 13.6. The molecular weight excluding hydrogens is 416 g/mol. The summed E-state index contributed by atoms with van der Waals surface area (Å²) < 4.78 is 11.6. The molecule has 172 valence electrons. The molecule has 1 amide bonds. The molecule has 1 saturated heterocycles. The number of anilines is 1. The zero-order chi connectivity index (χ0) is 23.2. The van der Waals surface area contributed by atoms with E-state index in [0.717, 1.165) is 30.9 Å². The van der Waals surface area contributed by atoms with Crippen molar-refractivity contribution in [2.45, 2.75) is 25.4 Å². The van der Waals surface area contributed by atoms with Crippen molar-refractivity contribution in [3.05, 3.63) is 77.7 Å². The highest BCUT2D eigenvalue weighted by atomic mass is 16.5. The van der Waals surface area contributed by atoms with E-state index in [1.807, 2.05) is 60.4 Å². The maximum atomic E-state index is 13.6. The molecule has 0 aliphatic carbocycles. The molecule has 1 fully saturated rings. The largest absolute Gasteiger partial charge is 0.493 e. The third kappa shape index (κ3) is 5.25. The van der Waals surface area contributed by atoms with Gasteiger partial charge in [-0.05, 0) is 54.8 Å². The average molecular weight is 447 g/mol. The molecule has 7 nitrogen and oxygen atoms in total. The van der Waals surface area contributed by atoms with E-state index in [-0.39, 0.29) is 18.4 Å². The highest BCUT2D eigenvalue weighted by molar-refractivity contribution is 5.98. The minimum absolute atomic E-state index is 0.0449. The molecule has 0 N–H and O–H groups in total. The molecule has 2 aromatic heterocycles. The molecule has 1 aliphatic heterocycles. The van der Waals surface area contributed by atoms with Gasteiger partial charge in [0.05, 0.1) is 18.4 Å². The molecule has 4 rings (SSSR count). The number of carbonyl (C=O) groups is 1. The highest BCUT2D eigenvalue weighted by Gasteiger charge is 2.28. The van der Waals surface area contributed by atoms with Gasteiger partial charge < -0.3 is 19.3 Å². The summed E-state index contributed by atoms with van der Waals surface area (Å²) in [5, 5.41) is 0. The number of rotatable bonds is 7. The van der Waals surface area contributed by atoms with Crippen molar-refractivity contribution in [1.29, 1.82) is 0 Å². The van der Waals surface area contributed by atoms with Crippen LogP contribution in [0, 0.1) is 0 Å². The molecule has 0 bridgehead atoms. The lowest BCUT2D eigenvalue weighted by Crippen LogP contribution is -2.39. The molecular formula is C26H30N4O3. The number of likely N-dealkylation sites (tertiary alicyclic amines) is 1. The van der Waals surface area contributed by atoms with Gasteiger partial charge in [-0.1, -0.05) is 12.1 Å². The van der Waals surface area contributed by atoms with Crippen LogP contribution in [0.3, 0.4) is 0 Å². The zero-order valence-electron chi connectivity index (χ0n) is 19.4. The lowest BCUT2D eigenvalue weighted by Gasteiger charge is -2.33. The predicted molar refractivity (Wildman–Crippen MR) is 128 cm³/mol. The molecule has 33 heavy (non-hydrogen) atoms.